The molecule has 0 aliphatic heterocycles. The number of ether oxygens (including phenoxy) is 3. The van der Waals surface area contributed by atoms with Gasteiger partial charge in [0.2, 0.25) is 5.75 Å². The van der Waals surface area contributed by atoms with E-state index in [-0.39, 0.29) is 17.7 Å². The van der Waals surface area contributed by atoms with E-state index in [2.05, 4.69) is 0 Å². The van der Waals surface area contributed by atoms with E-state index in [1.54, 1.807) is 6.07 Å². The number of ketones is 1. The summed E-state index contributed by atoms with van der Waals surface area (Å²) in [5.74, 6) is 1.17. The molecule has 0 saturated heterocycles. The van der Waals surface area contributed by atoms with Crippen LogP contribution >= 0.6 is 0 Å². The standard InChI is InChI=1S/C22H24O5/c1-13(2)12-20(24)27-21-17(9-11-19(25-3)22(21)26-4)14-6-5-7-16-15(14)8-10-18(16)23/h5-7,9,11,13H,8,10,12H2,1-4H3. The van der Waals surface area contributed by atoms with E-state index in [9.17, 15) is 9.59 Å². The lowest BCUT2D eigenvalue weighted by atomic mass is 9.95. The summed E-state index contributed by atoms with van der Waals surface area (Å²) in [6, 6.07) is 9.27. The Morgan fingerprint density at radius 1 is 0.963 bits per heavy atom. The Hall–Kier alpha value is -2.82. The molecule has 0 unspecified atom stereocenters. The second-order valence-electron chi connectivity index (χ2n) is 7.00. The maximum atomic E-state index is 12.4. The number of Topliss-reactive ketones (excluding diaryl/α,β-unsaturated/α-hetero) is 1. The summed E-state index contributed by atoms with van der Waals surface area (Å²) in [4.78, 5) is 24.5. The second-order valence-corrected chi connectivity index (χ2v) is 7.00. The van der Waals surface area contributed by atoms with Gasteiger partial charge in [0.1, 0.15) is 0 Å². The highest BCUT2D eigenvalue weighted by Crippen LogP contribution is 2.46. The van der Waals surface area contributed by atoms with Crippen LogP contribution in [0.1, 0.15) is 42.6 Å². The number of carbonyl (C=O) groups excluding carboxylic acids is 2. The van der Waals surface area contributed by atoms with Crippen molar-refractivity contribution in [1.29, 1.82) is 0 Å². The van der Waals surface area contributed by atoms with E-state index in [1.807, 2.05) is 38.1 Å². The Morgan fingerprint density at radius 2 is 1.70 bits per heavy atom. The minimum Gasteiger partial charge on any atom is -0.493 e. The minimum atomic E-state index is -0.332. The number of hydrogen-bond acceptors (Lipinski definition) is 5. The number of carbonyl (C=O) groups is 2. The molecule has 5 nitrogen and oxygen atoms in total. The predicted molar refractivity (Wildman–Crippen MR) is 103 cm³/mol. The van der Waals surface area contributed by atoms with Gasteiger partial charge in [-0.2, -0.15) is 0 Å². The first kappa shape index (κ1) is 19.0. The highest BCUT2D eigenvalue weighted by atomic mass is 16.6. The molecule has 0 aromatic heterocycles. The van der Waals surface area contributed by atoms with Crippen LogP contribution in [0.15, 0.2) is 30.3 Å². The molecule has 0 N–H and O–H groups in total. The van der Waals surface area contributed by atoms with E-state index in [0.29, 0.717) is 36.5 Å². The van der Waals surface area contributed by atoms with Crippen molar-refractivity contribution in [2.24, 2.45) is 5.92 Å². The van der Waals surface area contributed by atoms with E-state index in [4.69, 9.17) is 14.2 Å². The molecule has 5 heteroatoms. The van der Waals surface area contributed by atoms with Gasteiger partial charge in [-0.1, -0.05) is 32.0 Å². The zero-order chi connectivity index (χ0) is 19.6. The molecule has 0 bridgehead atoms. The number of esters is 1. The van der Waals surface area contributed by atoms with Gasteiger partial charge < -0.3 is 14.2 Å². The van der Waals surface area contributed by atoms with E-state index < -0.39 is 0 Å². The molecule has 142 valence electrons. The van der Waals surface area contributed by atoms with Crippen molar-refractivity contribution in [2.75, 3.05) is 14.2 Å². The summed E-state index contributed by atoms with van der Waals surface area (Å²) in [6.45, 7) is 3.92. The Morgan fingerprint density at radius 3 is 2.37 bits per heavy atom. The third-order valence-corrected chi connectivity index (χ3v) is 4.66. The summed E-state index contributed by atoms with van der Waals surface area (Å²) < 4.78 is 16.6. The van der Waals surface area contributed by atoms with Crippen LogP contribution in [0.5, 0.6) is 17.2 Å². The summed E-state index contributed by atoms with van der Waals surface area (Å²) in [7, 11) is 3.05. The van der Waals surface area contributed by atoms with Crippen LogP contribution in [-0.4, -0.2) is 26.0 Å². The molecule has 0 saturated carbocycles. The highest BCUT2D eigenvalue weighted by molar-refractivity contribution is 6.03. The lowest BCUT2D eigenvalue weighted by Crippen LogP contribution is -2.12. The van der Waals surface area contributed by atoms with E-state index in [0.717, 1.165) is 22.3 Å². The largest absolute Gasteiger partial charge is 0.493 e. The van der Waals surface area contributed by atoms with Crippen molar-refractivity contribution < 1.29 is 23.8 Å². The first-order valence-corrected chi connectivity index (χ1v) is 9.07. The van der Waals surface area contributed by atoms with Crippen molar-refractivity contribution in [3.63, 3.8) is 0 Å². The third-order valence-electron chi connectivity index (χ3n) is 4.66. The van der Waals surface area contributed by atoms with Crippen LogP contribution in [0.2, 0.25) is 0 Å². The minimum absolute atomic E-state index is 0.144. The number of fused-ring (bicyclic) bond motifs is 1. The predicted octanol–water partition coefficient (Wildman–Crippen LogP) is 4.45. The van der Waals surface area contributed by atoms with E-state index >= 15 is 0 Å². The fourth-order valence-corrected chi connectivity index (χ4v) is 3.44. The fourth-order valence-electron chi connectivity index (χ4n) is 3.44. The van der Waals surface area contributed by atoms with Gasteiger partial charge in [0.15, 0.2) is 17.3 Å². The van der Waals surface area contributed by atoms with Crippen LogP contribution in [-0.2, 0) is 11.2 Å². The zero-order valence-electron chi connectivity index (χ0n) is 16.1. The molecule has 1 aliphatic rings. The molecule has 0 fully saturated rings. The summed E-state index contributed by atoms with van der Waals surface area (Å²) in [6.07, 6.45) is 1.48. The number of benzene rings is 2. The number of hydrogen-bond donors (Lipinski definition) is 0. The van der Waals surface area contributed by atoms with Gasteiger partial charge in [0.25, 0.3) is 0 Å². The monoisotopic (exact) mass is 368 g/mol. The maximum Gasteiger partial charge on any atom is 0.311 e. The smallest absolute Gasteiger partial charge is 0.311 e. The Bertz CT molecular complexity index is 883. The number of rotatable bonds is 6. The maximum absolute atomic E-state index is 12.4. The van der Waals surface area contributed by atoms with Crippen LogP contribution in [0.25, 0.3) is 11.1 Å². The van der Waals surface area contributed by atoms with Crippen LogP contribution in [0.4, 0.5) is 0 Å². The van der Waals surface area contributed by atoms with Gasteiger partial charge in [-0.05, 0) is 35.6 Å². The van der Waals surface area contributed by atoms with Gasteiger partial charge in [0.05, 0.1) is 14.2 Å². The first-order chi connectivity index (χ1) is 13.0. The SMILES string of the molecule is COc1ccc(-c2cccc3c2CCC3=O)c(OC(=O)CC(C)C)c1OC. The van der Waals surface area contributed by atoms with Crippen LogP contribution in [0.3, 0.4) is 0 Å². The molecule has 0 radical (unpaired) electrons. The van der Waals surface area contributed by atoms with Crippen LogP contribution in [0, 0.1) is 5.92 Å². The topological polar surface area (TPSA) is 61.8 Å². The second kappa shape index (κ2) is 7.82. The van der Waals surface area contributed by atoms with Crippen molar-refractivity contribution in [3.8, 4) is 28.4 Å². The molecule has 3 rings (SSSR count). The number of methoxy groups -OCH3 is 2. The zero-order valence-corrected chi connectivity index (χ0v) is 16.1. The Kier molecular flexibility index (Phi) is 5.49. The van der Waals surface area contributed by atoms with Gasteiger partial charge in [-0.3, -0.25) is 9.59 Å². The van der Waals surface area contributed by atoms with Crippen LogP contribution < -0.4 is 14.2 Å². The lowest BCUT2D eigenvalue weighted by Gasteiger charge is -2.18. The van der Waals surface area contributed by atoms with E-state index in [1.165, 1.54) is 14.2 Å². The van der Waals surface area contributed by atoms with Crippen molar-refractivity contribution in [1.82, 2.24) is 0 Å². The van der Waals surface area contributed by atoms with Gasteiger partial charge in [0, 0.05) is 24.0 Å². The molecule has 2 aromatic rings. The highest BCUT2D eigenvalue weighted by Gasteiger charge is 2.27. The van der Waals surface area contributed by atoms with Crippen molar-refractivity contribution in [3.05, 3.63) is 41.5 Å². The lowest BCUT2D eigenvalue weighted by molar-refractivity contribution is -0.135. The van der Waals surface area contributed by atoms with Gasteiger partial charge >= 0.3 is 5.97 Å². The first-order valence-electron chi connectivity index (χ1n) is 9.07. The molecule has 0 spiro atoms. The Labute approximate surface area is 159 Å². The summed E-state index contributed by atoms with van der Waals surface area (Å²) in [5.41, 5.74) is 3.32. The van der Waals surface area contributed by atoms with Gasteiger partial charge in [-0.25, -0.2) is 0 Å². The molecular weight excluding hydrogens is 344 g/mol. The molecule has 0 heterocycles. The molecule has 1 aliphatic carbocycles. The summed E-state index contributed by atoms with van der Waals surface area (Å²) >= 11 is 0. The normalized spacial score (nSPS) is 12.9. The Balaban J connectivity index is 2.16. The quantitative estimate of drug-likeness (QED) is 0.557. The molecule has 0 amide bonds. The molecular formula is C22H24O5. The van der Waals surface area contributed by atoms with Crippen molar-refractivity contribution in [2.45, 2.75) is 33.1 Å². The molecule has 0 atom stereocenters. The molecule has 2 aromatic carbocycles. The third kappa shape index (κ3) is 3.68. The van der Waals surface area contributed by atoms with Crippen molar-refractivity contribution >= 4 is 11.8 Å². The summed E-state index contributed by atoms with van der Waals surface area (Å²) in [5, 5.41) is 0. The fraction of sp³-hybridized carbons (Fsp3) is 0.364. The van der Waals surface area contributed by atoms with Gasteiger partial charge in [-0.15, -0.1) is 0 Å². The average Bonchev–Trinajstić information content (AvgIpc) is 3.02. The average molecular weight is 368 g/mol. The molecule has 27 heavy (non-hydrogen) atoms.